The standard InChI is InChI=1S/C20H27BO4/c1-16(13-14-18(22)23-17-11-7-6-8-12-17)10-9-15-21-24-19(2,3)20(4,5)25-21/h6-14,16H,15H2,1-5H3/b10-9-,14-13-. The summed E-state index contributed by atoms with van der Waals surface area (Å²) in [6.07, 6.45) is 8.00. The minimum absolute atomic E-state index is 0.116. The summed E-state index contributed by atoms with van der Waals surface area (Å²) in [5, 5.41) is 0. The Hall–Kier alpha value is -1.85. The van der Waals surface area contributed by atoms with E-state index in [4.69, 9.17) is 14.0 Å². The predicted octanol–water partition coefficient (Wildman–Crippen LogP) is 4.43. The van der Waals surface area contributed by atoms with Crippen molar-refractivity contribution in [2.24, 2.45) is 5.92 Å². The molecule has 134 valence electrons. The van der Waals surface area contributed by atoms with Crippen LogP contribution in [0, 0.1) is 5.92 Å². The summed E-state index contributed by atoms with van der Waals surface area (Å²) in [5.41, 5.74) is -0.615. The number of hydrogen-bond acceptors (Lipinski definition) is 4. The van der Waals surface area contributed by atoms with Crippen molar-refractivity contribution in [2.45, 2.75) is 52.1 Å². The summed E-state index contributed by atoms with van der Waals surface area (Å²) in [5.74, 6) is 0.282. The summed E-state index contributed by atoms with van der Waals surface area (Å²) in [4.78, 5) is 11.8. The van der Waals surface area contributed by atoms with E-state index in [1.165, 1.54) is 6.08 Å². The number of hydrogen-bond donors (Lipinski definition) is 0. The van der Waals surface area contributed by atoms with Crippen LogP contribution < -0.4 is 4.74 Å². The summed E-state index contributed by atoms with van der Waals surface area (Å²) in [6.45, 7) is 10.2. The molecule has 1 aromatic carbocycles. The van der Waals surface area contributed by atoms with Crippen molar-refractivity contribution >= 4 is 13.1 Å². The first kappa shape index (κ1) is 19.5. The van der Waals surface area contributed by atoms with Gasteiger partial charge in [0.1, 0.15) is 5.75 Å². The average Bonchev–Trinajstić information content (AvgIpc) is 2.73. The smallest absolute Gasteiger partial charge is 0.423 e. The Morgan fingerprint density at radius 3 is 2.32 bits per heavy atom. The van der Waals surface area contributed by atoms with Gasteiger partial charge in [0, 0.05) is 12.4 Å². The van der Waals surface area contributed by atoms with Gasteiger partial charge in [-0.15, -0.1) is 0 Å². The van der Waals surface area contributed by atoms with E-state index in [1.807, 2.05) is 71.0 Å². The van der Waals surface area contributed by atoms with Crippen LogP contribution in [-0.2, 0) is 14.1 Å². The third kappa shape index (κ3) is 5.58. The van der Waals surface area contributed by atoms with Gasteiger partial charge in [-0.3, -0.25) is 0 Å². The zero-order valence-corrected chi connectivity index (χ0v) is 15.7. The van der Waals surface area contributed by atoms with Crippen molar-refractivity contribution in [3.05, 3.63) is 54.6 Å². The van der Waals surface area contributed by atoms with Crippen LogP contribution in [-0.4, -0.2) is 24.3 Å². The minimum Gasteiger partial charge on any atom is -0.423 e. The van der Waals surface area contributed by atoms with Crippen LogP contribution in [0.1, 0.15) is 34.6 Å². The van der Waals surface area contributed by atoms with Gasteiger partial charge in [-0.1, -0.05) is 43.4 Å². The molecule has 4 nitrogen and oxygen atoms in total. The van der Waals surface area contributed by atoms with Gasteiger partial charge in [0.05, 0.1) is 11.2 Å². The van der Waals surface area contributed by atoms with Crippen molar-refractivity contribution in [3.63, 3.8) is 0 Å². The fourth-order valence-corrected chi connectivity index (χ4v) is 2.40. The highest BCUT2D eigenvalue weighted by Crippen LogP contribution is 2.37. The lowest BCUT2D eigenvalue weighted by molar-refractivity contribution is -0.129. The third-order valence-electron chi connectivity index (χ3n) is 4.57. The van der Waals surface area contributed by atoms with Crippen LogP contribution in [0.25, 0.3) is 0 Å². The number of allylic oxidation sites excluding steroid dienone is 3. The molecule has 0 amide bonds. The number of carbonyl (C=O) groups excluding carboxylic acids is 1. The van der Waals surface area contributed by atoms with E-state index in [0.717, 1.165) is 0 Å². The van der Waals surface area contributed by atoms with Gasteiger partial charge in [0.15, 0.2) is 0 Å². The van der Waals surface area contributed by atoms with Gasteiger partial charge >= 0.3 is 13.1 Å². The molecule has 1 atom stereocenters. The zero-order valence-electron chi connectivity index (χ0n) is 15.7. The highest BCUT2D eigenvalue weighted by Gasteiger charge is 2.50. The molecule has 1 saturated heterocycles. The fourth-order valence-electron chi connectivity index (χ4n) is 2.40. The fraction of sp³-hybridized carbons (Fsp3) is 0.450. The number of ether oxygens (including phenoxy) is 1. The Balaban J connectivity index is 1.77. The molecule has 0 bridgehead atoms. The van der Waals surface area contributed by atoms with Gasteiger partial charge in [-0.25, -0.2) is 4.79 Å². The first-order valence-electron chi connectivity index (χ1n) is 8.67. The van der Waals surface area contributed by atoms with Crippen LogP contribution in [0.3, 0.4) is 0 Å². The zero-order chi connectivity index (χ0) is 18.5. The summed E-state index contributed by atoms with van der Waals surface area (Å²) in [7, 11) is -0.236. The van der Waals surface area contributed by atoms with Crippen LogP contribution >= 0.6 is 0 Å². The second kappa shape index (κ2) is 8.02. The molecule has 25 heavy (non-hydrogen) atoms. The Labute approximate surface area is 151 Å². The number of para-hydroxylation sites is 1. The number of carbonyl (C=O) groups is 1. The number of esters is 1. The molecule has 0 radical (unpaired) electrons. The second-order valence-corrected chi connectivity index (χ2v) is 7.30. The molecule has 5 heteroatoms. The van der Waals surface area contributed by atoms with Gasteiger partial charge < -0.3 is 14.0 Å². The van der Waals surface area contributed by atoms with Gasteiger partial charge in [0.2, 0.25) is 0 Å². The van der Waals surface area contributed by atoms with Crippen molar-refractivity contribution in [2.75, 3.05) is 0 Å². The maximum atomic E-state index is 11.8. The molecule has 1 aromatic rings. The molecule has 2 rings (SSSR count). The molecule has 0 spiro atoms. The SMILES string of the molecule is CC(/C=C\CB1OC(C)(C)C(C)(C)O1)/C=C\C(=O)Oc1ccccc1. The molecule has 1 fully saturated rings. The third-order valence-corrected chi connectivity index (χ3v) is 4.57. The second-order valence-electron chi connectivity index (χ2n) is 7.30. The molecule has 0 saturated carbocycles. The number of benzene rings is 1. The minimum atomic E-state index is -0.377. The van der Waals surface area contributed by atoms with E-state index in [-0.39, 0.29) is 30.2 Å². The highest BCUT2D eigenvalue weighted by atomic mass is 16.7. The van der Waals surface area contributed by atoms with Crippen LogP contribution in [0.5, 0.6) is 5.75 Å². The highest BCUT2D eigenvalue weighted by molar-refractivity contribution is 6.46. The maximum absolute atomic E-state index is 11.8. The molecule has 1 aliphatic rings. The van der Waals surface area contributed by atoms with E-state index in [9.17, 15) is 4.79 Å². The monoisotopic (exact) mass is 342 g/mol. The molecule has 1 unspecified atom stereocenters. The van der Waals surface area contributed by atoms with E-state index in [1.54, 1.807) is 12.1 Å². The number of rotatable bonds is 6. The first-order valence-corrected chi connectivity index (χ1v) is 8.67. The van der Waals surface area contributed by atoms with E-state index < -0.39 is 0 Å². The van der Waals surface area contributed by atoms with Crippen molar-refractivity contribution in [1.29, 1.82) is 0 Å². The van der Waals surface area contributed by atoms with Crippen molar-refractivity contribution < 1.29 is 18.8 Å². The molecular formula is C20H27BO4. The summed E-state index contributed by atoms with van der Waals surface area (Å²) >= 11 is 0. The van der Waals surface area contributed by atoms with E-state index in [2.05, 4.69) is 0 Å². The van der Waals surface area contributed by atoms with Gasteiger partial charge in [-0.2, -0.15) is 0 Å². The molecule has 1 heterocycles. The molecule has 0 aliphatic carbocycles. The summed E-state index contributed by atoms with van der Waals surface area (Å²) < 4.78 is 17.1. The molecule has 0 N–H and O–H groups in total. The lowest BCUT2D eigenvalue weighted by Crippen LogP contribution is -2.41. The first-order chi connectivity index (χ1) is 11.7. The van der Waals surface area contributed by atoms with E-state index in [0.29, 0.717) is 12.1 Å². The molecule has 0 aromatic heterocycles. The quantitative estimate of drug-likeness (QED) is 0.252. The topological polar surface area (TPSA) is 44.8 Å². The average molecular weight is 342 g/mol. The Morgan fingerprint density at radius 2 is 1.72 bits per heavy atom. The lowest BCUT2D eigenvalue weighted by Gasteiger charge is -2.32. The van der Waals surface area contributed by atoms with Crippen LogP contribution in [0.4, 0.5) is 0 Å². The van der Waals surface area contributed by atoms with Crippen molar-refractivity contribution in [3.8, 4) is 5.75 Å². The lowest BCUT2D eigenvalue weighted by atomic mass is 9.84. The normalized spacial score (nSPS) is 20.3. The van der Waals surface area contributed by atoms with Gasteiger partial charge in [-0.05, 0) is 45.7 Å². The Morgan fingerprint density at radius 1 is 1.12 bits per heavy atom. The Bertz CT molecular complexity index is 618. The van der Waals surface area contributed by atoms with Gasteiger partial charge in [0.25, 0.3) is 0 Å². The van der Waals surface area contributed by atoms with E-state index >= 15 is 0 Å². The predicted molar refractivity (Wildman–Crippen MR) is 100 cm³/mol. The largest absolute Gasteiger partial charge is 0.461 e. The van der Waals surface area contributed by atoms with Crippen molar-refractivity contribution in [1.82, 2.24) is 0 Å². The summed E-state index contributed by atoms with van der Waals surface area (Å²) in [6, 6.07) is 9.03. The maximum Gasteiger partial charge on any atom is 0.461 e. The molecule has 1 aliphatic heterocycles. The van der Waals surface area contributed by atoms with Crippen LogP contribution in [0.2, 0.25) is 6.32 Å². The Kier molecular flexibility index (Phi) is 6.25. The molecular weight excluding hydrogens is 315 g/mol. The van der Waals surface area contributed by atoms with Crippen LogP contribution in [0.15, 0.2) is 54.6 Å².